The normalized spacial score (nSPS) is 19.9. The fourth-order valence-electron chi connectivity index (χ4n) is 2.31. The average Bonchev–Trinajstić information content (AvgIpc) is 2.54. The van der Waals surface area contributed by atoms with Gasteiger partial charge < -0.3 is 14.8 Å². The van der Waals surface area contributed by atoms with Crippen LogP contribution in [0.15, 0.2) is 35.5 Å². The highest BCUT2D eigenvalue weighted by Gasteiger charge is 2.23. The molecule has 0 saturated carbocycles. The van der Waals surface area contributed by atoms with Gasteiger partial charge in [-0.2, -0.15) is 0 Å². The Morgan fingerprint density at radius 2 is 2.20 bits per heavy atom. The van der Waals surface area contributed by atoms with E-state index < -0.39 is 0 Å². The van der Waals surface area contributed by atoms with Crippen LogP contribution in [0.25, 0.3) is 0 Å². The van der Waals surface area contributed by atoms with Gasteiger partial charge in [0.15, 0.2) is 5.75 Å². The third-order valence-corrected chi connectivity index (χ3v) is 4.59. The summed E-state index contributed by atoms with van der Waals surface area (Å²) in [6.07, 6.45) is 3.67. The van der Waals surface area contributed by atoms with Crippen molar-refractivity contribution in [2.24, 2.45) is 0 Å². The maximum atomic E-state index is 5.59. The van der Waals surface area contributed by atoms with Gasteiger partial charge in [-0.3, -0.25) is 0 Å². The zero-order valence-electron chi connectivity index (χ0n) is 10.7. The van der Waals surface area contributed by atoms with Gasteiger partial charge in [-0.15, -0.1) is 11.8 Å². The summed E-state index contributed by atoms with van der Waals surface area (Å²) in [7, 11) is 0. The number of thioether (sulfide) groups is 1. The van der Waals surface area contributed by atoms with Crippen molar-refractivity contribution in [2.45, 2.75) is 10.1 Å². The third kappa shape index (κ3) is 2.06. The summed E-state index contributed by atoms with van der Waals surface area (Å²) in [6.45, 7) is 1.98. The number of anilines is 1. The van der Waals surface area contributed by atoms with Crippen molar-refractivity contribution in [3.8, 4) is 11.6 Å². The molecule has 6 heteroatoms. The molecule has 0 aromatic carbocycles. The van der Waals surface area contributed by atoms with Gasteiger partial charge >= 0.3 is 0 Å². The average molecular weight is 287 g/mol. The summed E-state index contributed by atoms with van der Waals surface area (Å²) < 4.78 is 11.0. The Hall–Kier alpha value is -1.95. The Morgan fingerprint density at radius 1 is 1.25 bits per heavy atom. The maximum Gasteiger partial charge on any atom is 0.257 e. The Bertz CT molecular complexity index is 650. The number of fused-ring (bicyclic) bond motifs is 2. The van der Waals surface area contributed by atoms with E-state index in [1.165, 1.54) is 4.90 Å². The summed E-state index contributed by atoms with van der Waals surface area (Å²) in [4.78, 5) is 9.84. The van der Waals surface area contributed by atoms with Gasteiger partial charge in [0.1, 0.15) is 19.0 Å². The maximum absolute atomic E-state index is 5.59. The lowest BCUT2D eigenvalue weighted by Gasteiger charge is -2.25. The molecule has 20 heavy (non-hydrogen) atoms. The molecule has 2 aromatic rings. The van der Waals surface area contributed by atoms with Crippen LogP contribution in [0.3, 0.4) is 0 Å². The second kappa shape index (κ2) is 4.86. The number of hydrogen-bond donors (Lipinski definition) is 1. The summed E-state index contributed by atoms with van der Waals surface area (Å²) in [5.74, 6) is 2.29. The van der Waals surface area contributed by atoms with Crippen LogP contribution in [0.5, 0.6) is 11.6 Å². The molecule has 0 amide bonds. The molecule has 5 nitrogen and oxygen atoms in total. The number of aromatic nitrogens is 2. The van der Waals surface area contributed by atoms with E-state index in [0.717, 1.165) is 23.7 Å². The predicted molar refractivity (Wildman–Crippen MR) is 76.6 cm³/mol. The molecule has 0 saturated heterocycles. The molecule has 102 valence electrons. The van der Waals surface area contributed by atoms with E-state index in [0.29, 0.717) is 24.3 Å². The van der Waals surface area contributed by atoms with Crippen LogP contribution in [0.1, 0.15) is 10.8 Å². The van der Waals surface area contributed by atoms with E-state index in [-0.39, 0.29) is 0 Å². The highest BCUT2D eigenvalue weighted by atomic mass is 32.2. The first-order valence-corrected chi connectivity index (χ1v) is 7.39. The largest absolute Gasteiger partial charge is 0.484 e. The molecule has 0 radical (unpaired) electrons. The molecule has 0 spiro atoms. The van der Waals surface area contributed by atoms with Crippen molar-refractivity contribution in [2.75, 3.05) is 25.1 Å². The van der Waals surface area contributed by atoms with Crippen molar-refractivity contribution < 1.29 is 9.47 Å². The minimum atomic E-state index is 0.301. The summed E-state index contributed by atoms with van der Waals surface area (Å²) in [5, 5.41) is 3.66. The van der Waals surface area contributed by atoms with Crippen LogP contribution in [-0.2, 0) is 0 Å². The summed E-state index contributed by atoms with van der Waals surface area (Å²) >= 11 is 1.80. The smallest absolute Gasteiger partial charge is 0.257 e. The molecular formula is C14H13N3O2S. The topological polar surface area (TPSA) is 56.3 Å². The second-order valence-electron chi connectivity index (χ2n) is 4.61. The number of ether oxygens (including phenoxy) is 2. The Labute approximate surface area is 120 Å². The molecule has 1 unspecified atom stereocenters. The Kier molecular flexibility index (Phi) is 2.88. The highest BCUT2D eigenvalue weighted by molar-refractivity contribution is 7.99. The first-order chi connectivity index (χ1) is 9.90. The van der Waals surface area contributed by atoms with E-state index >= 15 is 0 Å². The van der Waals surface area contributed by atoms with Gasteiger partial charge in [0.25, 0.3) is 5.88 Å². The lowest BCUT2D eigenvalue weighted by molar-refractivity contribution is 0.164. The van der Waals surface area contributed by atoms with E-state index in [4.69, 9.17) is 9.47 Å². The minimum Gasteiger partial charge on any atom is -0.484 e. The molecule has 4 rings (SSSR count). The van der Waals surface area contributed by atoms with Crippen LogP contribution in [0.4, 0.5) is 5.82 Å². The fraction of sp³-hybridized carbons (Fsp3) is 0.286. The minimum absolute atomic E-state index is 0.301. The lowest BCUT2D eigenvalue weighted by Crippen LogP contribution is -2.19. The summed E-state index contributed by atoms with van der Waals surface area (Å²) in [5.41, 5.74) is 1.14. The van der Waals surface area contributed by atoms with Crippen LogP contribution < -0.4 is 14.8 Å². The lowest BCUT2D eigenvalue weighted by atomic mass is 10.2. The van der Waals surface area contributed by atoms with Crippen LogP contribution in [0.2, 0.25) is 0 Å². The molecule has 2 aliphatic rings. The van der Waals surface area contributed by atoms with Crippen LogP contribution in [-0.4, -0.2) is 29.7 Å². The molecule has 1 N–H and O–H groups in total. The van der Waals surface area contributed by atoms with Gasteiger partial charge in [-0.05, 0) is 23.8 Å². The van der Waals surface area contributed by atoms with Gasteiger partial charge in [0.05, 0.1) is 10.1 Å². The molecular weight excluding hydrogens is 274 g/mol. The fourth-order valence-corrected chi connectivity index (χ4v) is 3.45. The molecule has 0 fully saturated rings. The van der Waals surface area contributed by atoms with Crippen molar-refractivity contribution in [3.05, 3.63) is 36.2 Å². The van der Waals surface area contributed by atoms with Gasteiger partial charge in [-0.1, -0.05) is 0 Å². The molecule has 1 atom stereocenters. The number of hydrogen-bond acceptors (Lipinski definition) is 6. The standard InChI is InChI=1S/C14H13N3O2S/c1-2-11-13(15-3-1)16-8-12(20-11)9-6-10-14(17-7-9)19-5-4-18-10/h1-3,6-7,12H,4-5,8H2,(H,15,16). The third-order valence-electron chi connectivity index (χ3n) is 3.29. The van der Waals surface area contributed by atoms with Crippen molar-refractivity contribution in [3.63, 3.8) is 0 Å². The summed E-state index contributed by atoms with van der Waals surface area (Å²) in [6, 6.07) is 6.07. The Balaban J connectivity index is 1.63. The van der Waals surface area contributed by atoms with Crippen molar-refractivity contribution >= 4 is 17.6 Å². The predicted octanol–water partition coefficient (Wildman–Crippen LogP) is 2.51. The first kappa shape index (κ1) is 11.8. The molecule has 0 aliphatic carbocycles. The van der Waals surface area contributed by atoms with Crippen LogP contribution in [0, 0.1) is 0 Å². The van der Waals surface area contributed by atoms with E-state index in [1.54, 1.807) is 18.0 Å². The number of pyridine rings is 2. The van der Waals surface area contributed by atoms with Crippen molar-refractivity contribution in [1.29, 1.82) is 0 Å². The zero-order valence-corrected chi connectivity index (χ0v) is 11.5. The van der Waals surface area contributed by atoms with Gasteiger partial charge in [0.2, 0.25) is 0 Å². The van der Waals surface area contributed by atoms with Gasteiger partial charge in [-0.25, -0.2) is 9.97 Å². The SMILES string of the molecule is c1cnc2c(c1)SC(c1cnc3c(c1)OCCO3)CN2. The highest BCUT2D eigenvalue weighted by Crippen LogP contribution is 2.43. The molecule has 4 heterocycles. The van der Waals surface area contributed by atoms with Crippen LogP contribution >= 0.6 is 11.8 Å². The zero-order chi connectivity index (χ0) is 13.4. The number of nitrogens with zero attached hydrogens (tertiary/aromatic N) is 2. The Morgan fingerprint density at radius 3 is 3.20 bits per heavy atom. The van der Waals surface area contributed by atoms with E-state index in [1.807, 2.05) is 18.3 Å². The van der Waals surface area contributed by atoms with Gasteiger partial charge in [0, 0.05) is 18.9 Å². The molecule has 0 bridgehead atoms. The monoisotopic (exact) mass is 287 g/mol. The van der Waals surface area contributed by atoms with E-state index in [9.17, 15) is 0 Å². The number of nitrogens with one attached hydrogen (secondary N) is 1. The van der Waals surface area contributed by atoms with E-state index in [2.05, 4.69) is 21.4 Å². The molecule has 2 aromatic heterocycles. The number of rotatable bonds is 1. The van der Waals surface area contributed by atoms with Crippen molar-refractivity contribution in [1.82, 2.24) is 9.97 Å². The first-order valence-electron chi connectivity index (χ1n) is 6.51. The quantitative estimate of drug-likeness (QED) is 0.869. The molecule has 2 aliphatic heterocycles. The second-order valence-corrected chi connectivity index (χ2v) is 5.85.